The van der Waals surface area contributed by atoms with E-state index in [9.17, 15) is 0 Å². The van der Waals surface area contributed by atoms with Gasteiger partial charge in [-0.1, -0.05) is 169 Å². The van der Waals surface area contributed by atoms with Gasteiger partial charge in [-0.05, 0) is 145 Å². The number of benzene rings is 9. The van der Waals surface area contributed by atoms with E-state index in [4.69, 9.17) is 0 Å². The molecule has 9 aromatic carbocycles. The van der Waals surface area contributed by atoms with Crippen LogP contribution in [0.15, 0.2) is 194 Å². The summed E-state index contributed by atoms with van der Waals surface area (Å²) < 4.78 is 2.43. The van der Waals surface area contributed by atoms with E-state index >= 15 is 0 Å². The molecule has 0 radical (unpaired) electrons. The minimum absolute atomic E-state index is 0.129. The SMILES string of the molecule is CC1(C)c2ccccc2-c2ccc(N(c3ccc4c(c3)C(C)(C)c3cc5c(cc3-4)C(C)(C)c3cccc(-c4ccccc4)c3-5)c3ccc4c5ccccc5n(-c5ccccc5)c4c3)cc21. The quantitative estimate of drug-likeness (QED) is 0.168. The third-order valence-corrected chi connectivity index (χ3v) is 15.6. The van der Waals surface area contributed by atoms with Crippen LogP contribution in [-0.4, -0.2) is 4.57 Å². The second kappa shape index (κ2) is 13.3. The van der Waals surface area contributed by atoms with Crippen LogP contribution in [0.25, 0.3) is 72.0 Å². The van der Waals surface area contributed by atoms with Crippen LogP contribution in [0.5, 0.6) is 0 Å². The van der Waals surface area contributed by atoms with E-state index < -0.39 is 0 Å². The Kier molecular flexibility index (Phi) is 7.80. The summed E-state index contributed by atoms with van der Waals surface area (Å²) in [6.45, 7) is 14.4. The van der Waals surface area contributed by atoms with Crippen molar-refractivity contribution in [1.29, 1.82) is 0 Å². The first kappa shape index (κ1) is 38.1. The lowest BCUT2D eigenvalue weighted by atomic mass is 9.79. The minimum atomic E-state index is -0.235. The first-order valence-electron chi connectivity index (χ1n) is 23.2. The van der Waals surface area contributed by atoms with E-state index in [1.165, 1.54) is 99.7 Å². The molecular formula is C63H50N2. The van der Waals surface area contributed by atoms with E-state index in [1.807, 2.05) is 0 Å². The van der Waals surface area contributed by atoms with E-state index in [0.717, 1.165) is 22.7 Å². The standard InChI is InChI=1S/C63H50N2/c1-61(2)52-25-15-13-22-45(52)46-31-28-41(34-54(46)61)64(43-30-33-49-48-23-14-16-27-58(48)65(59(49)36-43)40-20-11-8-12-21-40)42-29-32-47-50-37-57-51(38-56(50)63(5,6)55(47)35-42)60-44(39-18-9-7-10-19-39)24-17-26-53(60)62(57,3)4/h7-38H,1-6H3. The largest absolute Gasteiger partial charge is 0.310 e. The molecule has 0 saturated carbocycles. The molecular weight excluding hydrogens is 785 g/mol. The number of anilines is 3. The molecule has 3 aliphatic carbocycles. The second-order valence-electron chi connectivity index (χ2n) is 20.1. The number of fused-ring (bicyclic) bond motifs is 12. The zero-order valence-electron chi connectivity index (χ0n) is 37.9. The third-order valence-electron chi connectivity index (χ3n) is 15.6. The van der Waals surface area contributed by atoms with Crippen molar-refractivity contribution in [3.63, 3.8) is 0 Å². The van der Waals surface area contributed by atoms with Crippen LogP contribution < -0.4 is 4.90 Å². The summed E-state index contributed by atoms with van der Waals surface area (Å²) in [6.07, 6.45) is 0. The molecule has 0 saturated heterocycles. The maximum Gasteiger partial charge on any atom is 0.0561 e. The van der Waals surface area contributed by atoms with Gasteiger partial charge in [0.05, 0.1) is 11.0 Å². The predicted molar refractivity (Wildman–Crippen MR) is 274 cm³/mol. The number of nitrogens with zero attached hydrogens (tertiary/aromatic N) is 2. The Hall–Kier alpha value is -7.42. The van der Waals surface area contributed by atoms with Crippen molar-refractivity contribution >= 4 is 38.9 Å². The van der Waals surface area contributed by atoms with Gasteiger partial charge in [-0.15, -0.1) is 0 Å². The van der Waals surface area contributed by atoms with E-state index in [1.54, 1.807) is 0 Å². The fraction of sp³-hybridized carbons (Fsp3) is 0.143. The van der Waals surface area contributed by atoms with Gasteiger partial charge < -0.3 is 9.47 Å². The number of para-hydroxylation sites is 2. The Balaban J connectivity index is 1.01. The Morgan fingerprint density at radius 3 is 1.57 bits per heavy atom. The average molecular weight is 835 g/mol. The second-order valence-corrected chi connectivity index (χ2v) is 20.1. The van der Waals surface area contributed by atoms with Gasteiger partial charge in [-0.3, -0.25) is 0 Å². The van der Waals surface area contributed by atoms with Gasteiger partial charge in [0.1, 0.15) is 0 Å². The molecule has 13 rings (SSSR count). The van der Waals surface area contributed by atoms with E-state index in [-0.39, 0.29) is 16.2 Å². The smallest absolute Gasteiger partial charge is 0.0561 e. The molecule has 2 heteroatoms. The fourth-order valence-corrected chi connectivity index (χ4v) is 12.2. The molecule has 0 bridgehead atoms. The highest BCUT2D eigenvalue weighted by Gasteiger charge is 2.43. The molecule has 0 amide bonds. The van der Waals surface area contributed by atoms with Gasteiger partial charge in [0.2, 0.25) is 0 Å². The maximum absolute atomic E-state index is 2.55. The summed E-state index contributed by atoms with van der Waals surface area (Å²) in [7, 11) is 0. The van der Waals surface area contributed by atoms with Crippen molar-refractivity contribution in [1.82, 2.24) is 4.57 Å². The Bertz CT molecular complexity index is 3620. The minimum Gasteiger partial charge on any atom is -0.310 e. The number of hydrogen-bond donors (Lipinski definition) is 0. The summed E-state index contributed by atoms with van der Waals surface area (Å²) in [5.74, 6) is 0. The summed E-state index contributed by atoms with van der Waals surface area (Å²) in [5, 5.41) is 2.50. The first-order chi connectivity index (χ1) is 31.5. The van der Waals surface area contributed by atoms with Crippen molar-refractivity contribution in [2.24, 2.45) is 0 Å². The lowest BCUT2D eigenvalue weighted by Gasteiger charge is -2.30. The highest BCUT2D eigenvalue weighted by atomic mass is 15.1. The molecule has 0 aliphatic heterocycles. The molecule has 65 heavy (non-hydrogen) atoms. The van der Waals surface area contributed by atoms with Gasteiger partial charge in [0.15, 0.2) is 0 Å². The monoisotopic (exact) mass is 834 g/mol. The average Bonchev–Trinajstić information content (AvgIpc) is 3.94. The van der Waals surface area contributed by atoms with Crippen LogP contribution in [0.3, 0.4) is 0 Å². The zero-order valence-corrected chi connectivity index (χ0v) is 37.9. The maximum atomic E-state index is 2.55. The number of hydrogen-bond acceptors (Lipinski definition) is 1. The lowest BCUT2D eigenvalue weighted by Crippen LogP contribution is -2.18. The summed E-state index contributed by atoms with van der Waals surface area (Å²) >= 11 is 0. The summed E-state index contributed by atoms with van der Waals surface area (Å²) in [5.41, 5.74) is 25.5. The number of rotatable bonds is 5. The van der Waals surface area contributed by atoms with Crippen molar-refractivity contribution in [2.45, 2.75) is 57.8 Å². The first-order valence-corrected chi connectivity index (χ1v) is 23.2. The number of aromatic nitrogens is 1. The Labute approximate surface area is 382 Å². The van der Waals surface area contributed by atoms with E-state index in [2.05, 4.69) is 245 Å². The van der Waals surface area contributed by atoms with Crippen molar-refractivity contribution < 1.29 is 0 Å². The highest BCUT2D eigenvalue weighted by Crippen LogP contribution is 2.59. The molecule has 0 unspecified atom stereocenters. The molecule has 0 atom stereocenters. The van der Waals surface area contributed by atoms with Gasteiger partial charge in [-0.2, -0.15) is 0 Å². The molecule has 2 nitrogen and oxygen atoms in total. The van der Waals surface area contributed by atoms with Gasteiger partial charge >= 0.3 is 0 Å². The molecule has 1 aromatic heterocycles. The van der Waals surface area contributed by atoms with Crippen LogP contribution in [0.1, 0.15) is 74.9 Å². The van der Waals surface area contributed by atoms with Gasteiger partial charge in [0.25, 0.3) is 0 Å². The molecule has 3 aliphatic rings. The van der Waals surface area contributed by atoms with Crippen LogP contribution in [-0.2, 0) is 16.2 Å². The predicted octanol–water partition coefficient (Wildman–Crippen LogP) is 16.8. The summed E-state index contributed by atoms with van der Waals surface area (Å²) in [6, 6.07) is 73.0. The van der Waals surface area contributed by atoms with Crippen LogP contribution in [0, 0.1) is 0 Å². The Morgan fingerprint density at radius 2 is 0.815 bits per heavy atom. The molecule has 312 valence electrons. The van der Waals surface area contributed by atoms with E-state index in [0.29, 0.717) is 0 Å². The van der Waals surface area contributed by atoms with Gasteiger partial charge in [0, 0.05) is 49.8 Å². The van der Waals surface area contributed by atoms with Crippen molar-refractivity contribution in [3.05, 3.63) is 228 Å². The van der Waals surface area contributed by atoms with Crippen molar-refractivity contribution in [3.8, 4) is 50.2 Å². The molecule has 0 spiro atoms. The molecule has 0 fully saturated rings. The van der Waals surface area contributed by atoms with Crippen molar-refractivity contribution in [2.75, 3.05) is 4.90 Å². The lowest BCUT2D eigenvalue weighted by molar-refractivity contribution is 0.652. The molecule has 0 N–H and O–H groups in total. The van der Waals surface area contributed by atoms with Crippen LogP contribution >= 0.6 is 0 Å². The topological polar surface area (TPSA) is 8.17 Å². The fourth-order valence-electron chi connectivity index (χ4n) is 12.2. The zero-order chi connectivity index (χ0) is 44.0. The molecule has 1 heterocycles. The molecule has 10 aromatic rings. The highest BCUT2D eigenvalue weighted by molar-refractivity contribution is 6.10. The normalized spacial score (nSPS) is 15.3. The van der Waals surface area contributed by atoms with Crippen LogP contribution in [0.2, 0.25) is 0 Å². The van der Waals surface area contributed by atoms with Crippen LogP contribution in [0.4, 0.5) is 17.1 Å². The summed E-state index contributed by atoms with van der Waals surface area (Å²) in [4.78, 5) is 2.51. The van der Waals surface area contributed by atoms with Gasteiger partial charge in [-0.25, -0.2) is 0 Å². The Morgan fingerprint density at radius 1 is 0.323 bits per heavy atom. The third kappa shape index (κ3) is 5.23.